The van der Waals surface area contributed by atoms with Crippen molar-refractivity contribution in [1.82, 2.24) is 9.55 Å². The fourth-order valence-electron chi connectivity index (χ4n) is 3.18. The molecule has 3 nitrogen and oxygen atoms in total. The first-order chi connectivity index (χ1) is 8.68. The van der Waals surface area contributed by atoms with Gasteiger partial charge in [0.2, 0.25) is 5.95 Å². The largest absolute Gasteiger partial charge is 0.369 e. The second-order valence-electron chi connectivity index (χ2n) is 5.23. The zero-order chi connectivity index (χ0) is 12.7. The highest BCUT2D eigenvalue weighted by Gasteiger charge is 2.26. The van der Waals surface area contributed by atoms with Crippen LogP contribution in [0, 0.1) is 11.7 Å². The highest BCUT2D eigenvalue weighted by Crippen LogP contribution is 2.37. The van der Waals surface area contributed by atoms with Crippen molar-refractivity contribution in [3.8, 4) is 0 Å². The molecule has 0 amide bonds. The van der Waals surface area contributed by atoms with Crippen LogP contribution < -0.4 is 5.73 Å². The molecule has 1 aromatic heterocycles. The quantitative estimate of drug-likeness (QED) is 0.882. The Morgan fingerprint density at radius 2 is 2.11 bits per heavy atom. The molecule has 0 bridgehead atoms. The fraction of sp³-hybridized carbons (Fsp3) is 0.500. The second kappa shape index (κ2) is 4.26. The molecular weight excluding hydrogens is 229 g/mol. The number of nitrogens with zero attached hydrogens (tertiary/aromatic N) is 2. The molecule has 1 aromatic carbocycles. The Morgan fingerprint density at radius 3 is 2.83 bits per heavy atom. The maximum atomic E-state index is 13.7. The van der Waals surface area contributed by atoms with Crippen molar-refractivity contribution in [2.75, 3.05) is 5.73 Å². The number of nitrogen functional groups attached to an aromatic ring is 1. The first-order valence-corrected chi connectivity index (χ1v) is 6.60. The predicted molar refractivity (Wildman–Crippen MR) is 70.8 cm³/mol. The van der Waals surface area contributed by atoms with Crippen molar-refractivity contribution in [2.24, 2.45) is 5.92 Å². The van der Waals surface area contributed by atoms with Crippen LogP contribution >= 0.6 is 0 Å². The summed E-state index contributed by atoms with van der Waals surface area (Å²) in [6.45, 7) is 2.17. The average Bonchev–Trinajstić information content (AvgIpc) is 2.96. The van der Waals surface area contributed by atoms with Crippen molar-refractivity contribution in [2.45, 2.75) is 38.6 Å². The van der Waals surface area contributed by atoms with E-state index in [-0.39, 0.29) is 5.82 Å². The number of imidazole rings is 1. The maximum absolute atomic E-state index is 13.7. The van der Waals surface area contributed by atoms with E-state index in [1.165, 1.54) is 31.7 Å². The van der Waals surface area contributed by atoms with Gasteiger partial charge in [0.25, 0.3) is 0 Å². The van der Waals surface area contributed by atoms with Gasteiger partial charge in [0.05, 0.1) is 5.52 Å². The van der Waals surface area contributed by atoms with E-state index in [0.717, 1.165) is 5.52 Å². The monoisotopic (exact) mass is 247 g/mol. The van der Waals surface area contributed by atoms with Crippen molar-refractivity contribution < 1.29 is 4.39 Å². The van der Waals surface area contributed by atoms with E-state index >= 15 is 0 Å². The van der Waals surface area contributed by atoms with Gasteiger partial charge in [-0.25, -0.2) is 9.37 Å². The molecule has 0 spiro atoms. The van der Waals surface area contributed by atoms with Crippen molar-refractivity contribution >= 4 is 17.0 Å². The molecule has 1 saturated carbocycles. The number of hydrogen-bond acceptors (Lipinski definition) is 2. The SMILES string of the molecule is CC(C1CCCC1)n1c(N)nc2c(F)cccc21. The van der Waals surface area contributed by atoms with E-state index in [1.54, 1.807) is 6.07 Å². The number of benzene rings is 1. The zero-order valence-corrected chi connectivity index (χ0v) is 10.6. The summed E-state index contributed by atoms with van der Waals surface area (Å²) in [6.07, 6.45) is 5.04. The molecule has 4 heteroatoms. The number of rotatable bonds is 2. The van der Waals surface area contributed by atoms with Crippen LogP contribution in [-0.4, -0.2) is 9.55 Å². The first kappa shape index (κ1) is 11.5. The lowest BCUT2D eigenvalue weighted by atomic mass is 9.99. The van der Waals surface area contributed by atoms with Crippen LogP contribution in [0.3, 0.4) is 0 Å². The third-order valence-corrected chi connectivity index (χ3v) is 4.19. The zero-order valence-electron chi connectivity index (χ0n) is 10.6. The highest BCUT2D eigenvalue weighted by atomic mass is 19.1. The molecule has 1 fully saturated rings. The van der Waals surface area contributed by atoms with Crippen LogP contribution in [0.1, 0.15) is 38.6 Å². The number of anilines is 1. The molecule has 1 aliphatic rings. The summed E-state index contributed by atoms with van der Waals surface area (Å²) in [5.41, 5.74) is 7.18. The number of fused-ring (bicyclic) bond motifs is 1. The number of aromatic nitrogens is 2. The minimum absolute atomic E-state index is 0.291. The average molecular weight is 247 g/mol. The fourth-order valence-corrected chi connectivity index (χ4v) is 3.18. The van der Waals surface area contributed by atoms with Crippen LogP contribution in [0.2, 0.25) is 0 Å². The van der Waals surface area contributed by atoms with E-state index in [9.17, 15) is 4.39 Å². The molecule has 0 radical (unpaired) electrons. The molecule has 1 atom stereocenters. The van der Waals surface area contributed by atoms with Crippen molar-refractivity contribution in [3.05, 3.63) is 24.0 Å². The molecule has 2 aromatic rings. The van der Waals surface area contributed by atoms with Crippen molar-refractivity contribution in [1.29, 1.82) is 0 Å². The maximum Gasteiger partial charge on any atom is 0.201 e. The highest BCUT2D eigenvalue weighted by molar-refractivity contribution is 5.79. The lowest BCUT2D eigenvalue weighted by Gasteiger charge is -2.22. The third kappa shape index (κ3) is 1.67. The molecule has 96 valence electrons. The van der Waals surface area contributed by atoms with Crippen LogP contribution in [0.4, 0.5) is 10.3 Å². The van der Waals surface area contributed by atoms with Gasteiger partial charge in [-0.3, -0.25) is 0 Å². The Kier molecular flexibility index (Phi) is 2.73. The van der Waals surface area contributed by atoms with Gasteiger partial charge in [0.15, 0.2) is 5.82 Å². The Labute approximate surface area is 106 Å². The summed E-state index contributed by atoms with van der Waals surface area (Å²) < 4.78 is 15.7. The summed E-state index contributed by atoms with van der Waals surface area (Å²) in [5, 5.41) is 0. The van der Waals surface area contributed by atoms with Gasteiger partial charge in [0, 0.05) is 6.04 Å². The van der Waals surface area contributed by atoms with Gasteiger partial charge in [0.1, 0.15) is 5.52 Å². The summed E-state index contributed by atoms with van der Waals surface area (Å²) in [6, 6.07) is 5.34. The Balaban J connectivity index is 2.10. The molecule has 3 rings (SSSR count). The molecule has 0 aliphatic heterocycles. The predicted octanol–water partition coefficient (Wildman–Crippen LogP) is 3.51. The van der Waals surface area contributed by atoms with Crippen LogP contribution in [0.15, 0.2) is 18.2 Å². The summed E-state index contributed by atoms with van der Waals surface area (Å²) in [5.74, 6) is 0.763. The van der Waals surface area contributed by atoms with Gasteiger partial charge in [-0.1, -0.05) is 18.9 Å². The summed E-state index contributed by atoms with van der Waals surface area (Å²) >= 11 is 0. The number of halogens is 1. The van der Waals surface area contributed by atoms with Gasteiger partial charge in [-0.05, 0) is 37.8 Å². The van der Waals surface area contributed by atoms with E-state index in [4.69, 9.17) is 5.73 Å². The Bertz CT molecular complexity index is 570. The van der Waals surface area contributed by atoms with E-state index < -0.39 is 0 Å². The first-order valence-electron chi connectivity index (χ1n) is 6.60. The molecule has 2 N–H and O–H groups in total. The normalized spacial score (nSPS) is 18.6. The lowest BCUT2D eigenvalue weighted by Crippen LogP contribution is -2.16. The third-order valence-electron chi connectivity index (χ3n) is 4.19. The second-order valence-corrected chi connectivity index (χ2v) is 5.23. The minimum Gasteiger partial charge on any atom is -0.369 e. The molecular formula is C14H18FN3. The lowest BCUT2D eigenvalue weighted by molar-refractivity contribution is 0.371. The molecule has 18 heavy (non-hydrogen) atoms. The van der Waals surface area contributed by atoms with Gasteiger partial charge in [-0.2, -0.15) is 0 Å². The van der Waals surface area contributed by atoms with Gasteiger partial charge in [-0.15, -0.1) is 0 Å². The minimum atomic E-state index is -0.295. The molecule has 0 saturated heterocycles. The Morgan fingerprint density at radius 1 is 1.39 bits per heavy atom. The topological polar surface area (TPSA) is 43.8 Å². The number of para-hydroxylation sites is 1. The molecule has 1 heterocycles. The van der Waals surface area contributed by atoms with Crippen LogP contribution in [0.5, 0.6) is 0 Å². The number of hydrogen-bond donors (Lipinski definition) is 1. The molecule has 1 aliphatic carbocycles. The molecule has 1 unspecified atom stereocenters. The smallest absolute Gasteiger partial charge is 0.201 e. The summed E-state index contributed by atoms with van der Waals surface area (Å²) in [7, 11) is 0. The van der Waals surface area contributed by atoms with E-state index in [1.807, 2.05) is 10.6 Å². The standard InChI is InChI=1S/C14H18FN3/c1-9(10-5-2-3-6-10)18-12-8-4-7-11(15)13(12)17-14(18)16/h4,7-10H,2-3,5-6H2,1H3,(H2,16,17). The van der Waals surface area contributed by atoms with Crippen LogP contribution in [0.25, 0.3) is 11.0 Å². The van der Waals surface area contributed by atoms with Crippen molar-refractivity contribution in [3.63, 3.8) is 0 Å². The number of nitrogens with two attached hydrogens (primary N) is 1. The Hall–Kier alpha value is -1.58. The van der Waals surface area contributed by atoms with E-state index in [0.29, 0.717) is 23.4 Å². The van der Waals surface area contributed by atoms with Gasteiger partial charge >= 0.3 is 0 Å². The van der Waals surface area contributed by atoms with Gasteiger partial charge < -0.3 is 10.3 Å². The van der Waals surface area contributed by atoms with Crippen LogP contribution in [-0.2, 0) is 0 Å². The van der Waals surface area contributed by atoms with E-state index in [2.05, 4.69) is 11.9 Å². The summed E-state index contributed by atoms with van der Waals surface area (Å²) in [4.78, 5) is 4.17.